The number of nitrogens with two attached hydrogens (primary N) is 1. The molecule has 122 valence electrons. The van der Waals surface area contributed by atoms with Gasteiger partial charge in [-0.25, -0.2) is 8.42 Å². The Bertz CT molecular complexity index is 811. The Morgan fingerprint density at radius 3 is 2.43 bits per heavy atom. The maximum atomic E-state index is 13.0. The van der Waals surface area contributed by atoms with Gasteiger partial charge in [-0.1, -0.05) is 32.0 Å². The molecule has 1 aliphatic rings. The smallest absolute Gasteiger partial charge is 0.264 e. The third-order valence-corrected chi connectivity index (χ3v) is 6.21. The lowest BCUT2D eigenvalue weighted by atomic mass is 10.0. The highest BCUT2D eigenvalue weighted by atomic mass is 32.2. The van der Waals surface area contributed by atoms with Crippen molar-refractivity contribution in [2.75, 3.05) is 16.6 Å². The Kier molecular flexibility index (Phi) is 4.06. The topological polar surface area (TPSA) is 63.4 Å². The molecule has 5 heteroatoms. The molecule has 0 atom stereocenters. The van der Waals surface area contributed by atoms with Crippen LogP contribution in [-0.4, -0.2) is 15.0 Å². The minimum Gasteiger partial charge on any atom is -0.398 e. The summed E-state index contributed by atoms with van der Waals surface area (Å²) in [7, 11) is -3.56. The summed E-state index contributed by atoms with van der Waals surface area (Å²) in [6.07, 6.45) is 1.60. The van der Waals surface area contributed by atoms with Gasteiger partial charge in [-0.2, -0.15) is 0 Å². The molecule has 0 saturated carbocycles. The highest BCUT2D eigenvalue weighted by Gasteiger charge is 2.29. The number of sulfonamides is 1. The van der Waals surface area contributed by atoms with Crippen LogP contribution in [0.5, 0.6) is 0 Å². The van der Waals surface area contributed by atoms with Gasteiger partial charge in [-0.15, -0.1) is 0 Å². The molecule has 1 heterocycles. The monoisotopic (exact) mass is 330 g/mol. The minimum atomic E-state index is -3.56. The van der Waals surface area contributed by atoms with Crippen molar-refractivity contribution in [1.82, 2.24) is 0 Å². The molecule has 23 heavy (non-hydrogen) atoms. The molecule has 3 rings (SSSR count). The molecule has 0 aromatic heterocycles. The molecular formula is C18H22N2O2S. The number of hydrogen-bond donors (Lipinski definition) is 1. The highest BCUT2D eigenvalue weighted by molar-refractivity contribution is 7.92. The fraction of sp³-hybridized carbons (Fsp3) is 0.333. The molecule has 0 unspecified atom stereocenters. The fourth-order valence-corrected chi connectivity index (χ4v) is 4.55. The van der Waals surface area contributed by atoms with E-state index < -0.39 is 10.0 Å². The van der Waals surface area contributed by atoms with Crippen LogP contribution in [-0.2, 0) is 16.4 Å². The van der Waals surface area contributed by atoms with Crippen molar-refractivity contribution in [3.63, 3.8) is 0 Å². The van der Waals surface area contributed by atoms with Crippen LogP contribution in [0, 0.1) is 0 Å². The second-order valence-electron chi connectivity index (χ2n) is 6.25. The van der Waals surface area contributed by atoms with Crippen molar-refractivity contribution in [2.45, 2.75) is 37.5 Å². The molecular weight excluding hydrogens is 308 g/mol. The molecule has 0 fully saturated rings. The first-order valence-electron chi connectivity index (χ1n) is 7.91. The molecule has 4 nitrogen and oxygen atoms in total. The minimum absolute atomic E-state index is 0.331. The Morgan fingerprint density at radius 1 is 1.09 bits per heavy atom. The lowest BCUT2D eigenvalue weighted by Gasteiger charge is -2.31. The third-order valence-electron chi connectivity index (χ3n) is 4.38. The molecule has 0 saturated heterocycles. The average molecular weight is 330 g/mol. The zero-order valence-electron chi connectivity index (χ0n) is 13.5. The summed E-state index contributed by atoms with van der Waals surface area (Å²) in [5.74, 6) is 0.377. The standard InChI is InChI=1S/C18H22N2O2S/c1-13(2)14-8-10-15(11-9-14)23(21,22)20-12-4-5-16-17(19)6-3-7-18(16)20/h3,6-11,13H,4-5,12,19H2,1-2H3. The van der Waals surface area contributed by atoms with Gasteiger partial charge >= 0.3 is 0 Å². The van der Waals surface area contributed by atoms with E-state index in [1.165, 1.54) is 4.31 Å². The summed E-state index contributed by atoms with van der Waals surface area (Å²) in [4.78, 5) is 0.331. The summed E-state index contributed by atoms with van der Waals surface area (Å²) >= 11 is 0. The first-order chi connectivity index (χ1) is 10.9. The molecule has 0 bridgehead atoms. The molecule has 1 aliphatic heterocycles. The van der Waals surface area contributed by atoms with Crippen molar-refractivity contribution >= 4 is 21.4 Å². The van der Waals surface area contributed by atoms with Gasteiger partial charge in [0.15, 0.2) is 0 Å². The van der Waals surface area contributed by atoms with Gasteiger partial charge in [0.1, 0.15) is 0 Å². The molecule has 0 radical (unpaired) electrons. The van der Waals surface area contributed by atoms with Gasteiger partial charge in [-0.3, -0.25) is 4.31 Å². The SMILES string of the molecule is CC(C)c1ccc(S(=O)(=O)N2CCCc3c(N)cccc32)cc1. The second-order valence-corrected chi connectivity index (χ2v) is 8.11. The predicted octanol–water partition coefficient (Wildman–Crippen LogP) is 3.53. The van der Waals surface area contributed by atoms with E-state index in [9.17, 15) is 8.42 Å². The van der Waals surface area contributed by atoms with Crippen LogP contribution in [0.15, 0.2) is 47.4 Å². The number of fused-ring (bicyclic) bond motifs is 1. The fourth-order valence-electron chi connectivity index (χ4n) is 3.02. The Balaban J connectivity index is 2.03. The first kappa shape index (κ1) is 15.9. The lowest BCUT2D eigenvalue weighted by molar-refractivity contribution is 0.586. The van der Waals surface area contributed by atoms with Crippen LogP contribution < -0.4 is 10.0 Å². The summed E-state index contributed by atoms with van der Waals surface area (Å²) in [5, 5.41) is 0. The van der Waals surface area contributed by atoms with E-state index in [0.29, 0.717) is 28.7 Å². The van der Waals surface area contributed by atoms with Gasteiger partial charge in [0, 0.05) is 12.2 Å². The van der Waals surface area contributed by atoms with E-state index in [2.05, 4.69) is 13.8 Å². The predicted molar refractivity (Wildman–Crippen MR) is 94.2 cm³/mol. The third kappa shape index (κ3) is 2.81. The average Bonchev–Trinajstić information content (AvgIpc) is 2.55. The quantitative estimate of drug-likeness (QED) is 0.876. The van der Waals surface area contributed by atoms with Gasteiger partial charge in [0.2, 0.25) is 0 Å². The van der Waals surface area contributed by atoms with Gasteiger partial charge in [-0.05, 0) is 54.2 Å². The van der Waals surface area contributed by atoms with E-state index in [4.69, 9.17) is 5.73 Å². The van der Waals surface area contributed by atoms with Crippen molar-refractivity contribution in [3.05, 3.63) is 53.6 Å². The first-order valence-corrected chi connectivity index (χ1v) is 9.35. The maximum Gasteiger partial charge on any atom is 0.264 e. The summed E-state index contributed by atoms with van der Waals surface area (Å²) in [6.45, 7) is 4.67. The van der Waals surface area contributed by atoms with Gasteiger partial charge in [0.25, 0.3) is 10.0 Å². The number of nitrogens with zero attached hydrogens (tertiary/aromatic N) is 1. The molecule has 0 spiro atoms. The normalized spacial score (nSPS) is 14.8. The van der Waals surface area contributed by atoms with Crippen LogP contribution >= 0.6 is 0 Å². The van der Waals surface area contributed by atoms with Crippen LogP contribution in [0.1, 0.15) is 37.3 Å². The van der Waals surface area contributed by atoms with Crippen molar-refractivity contribution in [2.24, 2.45) is 0 Å². The van der Waals surface area contributed by atoms with Gasteiger partial charge < -0.3 is 5.73 Å². The number of nitrogen functional groups attached to an aromatic ring is 1. The summed E-state index contributed by atoms with van der Waals surface area (Å²) < 4.78 is 27.5. The van der Waals surface area contributed by atoms with Crippen LogP contribution in [0.2, 0.25) is 0 Å². The molecule has 2 aromatic rings. The van der Waals surface area contributed by atoms with E-state index in [1.807, 2.05) is 30.3 Å². The molecule has 2 aromatic carbocycles. The van der Waals surface area contributed by atoms with E-state index in [-0.39, 0.29) is 0 Å². The molecule has 0 aliphatic carbocycles. The highest BCUT2D eigenvalue weighted by Crippen LogP contribution is 2.35. The van der Waals surface area contributed by atoms with Crippen LogP contribution in [0.25, 0.3) is 0 Å². The van der Waals surface area contributed by atoms with Crippen LogP contribution in [0.4, 0.5) is 11.4 Å². The van der Waals surface area contributed by atoms with Gasteiger partial charge in [0.05, 0.1) is 10.6 Å². The maximum absolute atomic E-state index is 13.0. The summed E-state index contributed by atoms with van der Waals surface area (Å²) in [6, 6.07) is 12.7. The van der Waals surface area contributed by atoms with Crippen molar-refractivity contribution in [1.29, 1.82) is 0 Å². The lowest BCUT2D eigenvalue weighted by Crippen LogP contribution is -2.35. The van der Waals surface area contributed by atoms with E-state index in [1.54, 1.807) is 12.1 Å². The van der Waals surface area contributed by atoms with Crippen molar-refractivity contribution in [3.8, 4) is 0 Å². The van der Waals surface area contributed by atoms with Crippen LogP contribution in [0.3, 0.4) is 0 Å². The number of anilines is 2. The number of hydrogen-bond acceptors (Lipinski definition) is 3. The largest absolute Gasteiger partial charge is 0.398 e. The molecule has 0 amide bonds. The zero-order chi connectivity index (χ0) is 16.6. The Labute approximate surface area is 138 Å². The van der Waals surface area contributed by atoms with Crippen molar-refractivity contribution < 1.29 is 8.42 Å². The van der Waals surface area contributed by atoms with E-state index >= 15 is 0 Å². The number of rotatable bonds is 3. The zero-order valence-corrected chi connectivity index (χ0v) is 14.3. The van der Waals surface area contributed by atoms with E-state index in [0.717, 1.165) is 24.0 Å². The second kappa shape index (κ2) is 5.89. The Hall–Kier alpha value is -2.01. The summed E-state index contributed by atoms with van der Waals surface area (Å²) in [5.41, 5.74) is 9.46. The Morgan fingerprint density at radius 2 is 1.78 bits per heavy atom. The number of benzene rings is 2. The molecule has 2 N–H and O–H groups in total.